The van der Waals surface area contributed by atoms with Crippen LogP contribution in [-0.2, 0) is 11.8 Å². The number of aryl methyl sites for hydroxylation is 2. The number of methoxy groups -OCH3 is 1. The highest BCUT2D eigenvalue weighted by molar-refractivity contribution is 6.06. The zero-order chi connectivity index (χ0) is 19.1. The molecule has 8 heteroatoms. The highest BCUT2D eigenvalue weighted by Crippen LogP contribution is 2.40. The predicted octanol–water partition coefficient (Wildman–Crippen LogP) is 2.11. The van der Waals surface area contributed by atoms with Gasteiger partial charge in [-0.3, -0.25) is 9.48 Å². The van der Waals surface area contributed by atoms with Gasteiger partial charge >= 0.3 is 6.09 Å². The number of piperidine rings is 1. The molecule has 1 aliphatic carbocycles. The second kappa shape index (κ2) is 6.83. The van der Waals surface area contributed by atoms with Crippen molar-refractivity contribution in [1.29, 1.82) is 0 Å². The van der Waals surface area contributed by atoms with Crippen molar-refractivity contribution in [2.45, 2.75) is 44.6 Å². The summed E-state index contributed by atoms with van der Waals surface area (Å²) in [6.07, 6.45) is 3.38. The number of hydrogen-bond donors (Lipinski definition) is 1. The summed E-state index contributed by atoms with van der Waals surface area (Å²) in [5, 5.41) is 8.43. The van der Waals surface area contributed by atoms with Gasteiger partial charge in [0, 0.05) is 37.8 Å². The normalized spacial score (nSPS) is 18.0. The van der Waals surface area contributed by atoms with Crippen molar-refractivity contribution in [3.05, 3.63) is 23.0 Å². The average Bonchev–Trinajstić information content (AvgIpc) is 3.48. The van der Waals surface area contributed by atoms with Gasteiger partial charge < -0.3 is 15.0 Å². The van der Waals surface area contributed by atoms with Gasteiger partial charge in [-0.1, -0.05) is 0 Å². The van der Waals surface area contributed by atoms with E-state index in [0.29, 0.717) is 24.6 Å². The lowest BCUT2D eigenvalue weighted by atomic mass is 10.0. The zero-order valence-corrected chi connectivity index (χ0v) is 16.0. The first-order valence-corrected chi connectivity index (χ1v) is 9.46. The van der Waals surface area contributed by atoms with Crippen LogP contribution in [0.2, 0.25) is 0 Å². The fraction of sp³-hybridized carbons (Fsp3) is 0.579. The number of pyridine rings is 1. The minimum atomic E-state index is -0.310. The van der Waals surface area contributed by atoms with Crippen LogP contribution in [0.1, 0.15) is 53.3 Å². The molecule has 0 radical (unpaired) electrons. The number of rotatable bonds is 3. The summed E-state index contributed by atoms with van der Waals surface area (Å²) in [6, 6.07) is 1.98. The number of nitrogens with zero attached hydrogens (tertiary/aromatic N) is 4. The molecule has 2 aromatic rings. The molecule has 3 heterocycles. The topological polar surface area (TPSA) is 89.3 Å². The summed E-state index contributed by atoms with van der Waals surface area (Å²) >= 11 is 0. The molecule has 2 fully saturated rings. The summed E-state index contributed by atoms with van der Waals surface area (Å²) in [6.45, 7) is 3.08. The maximum atomic E-state index is 13.1. The molecule has 2 aromatic heterocycles. The Balaban J connectivity index is 1.55. The third-order valence-electron chi connectivity index (χ3n) is 5.49. The Bertz CT molecular complexity index is 894. The van der Waals surface area contributed by atoms with Crippen LogP contribution in [0, 0.1) is 6.92 Å². The summed E-state index contributed by atoms with van der Waals surface area (Å²) in [7, 11) is 3.25. The lowest BCUT2D eigenvalue weighted by Crippen LogP contribution is -2.46. The van der Waals surface area contributed by atoms with E-state index in [1.807, 2.05) is 20.0 Å². The number of carbonyl (C=O) groups is 2. The first-order valence-electron chi connectivity index (χ1n) is 9.46. The van der Waals surface area contributed by atoms with Gasteiger partial charge in [0.1, 0.15) is 0 Å². The third kappa shape index (κ3) is 3.36. The molecule has 1 aliphatic heterocycles. The van der Waals surface area contributed by atoms with Crippen LogP contribution < -0.4 is 5.32 Å². The van der Waals surface area contributed by atoms with E-state index in [0.717, 1.165) is 48.1 Å². The van der Waals surface area contributed by atoms with Crippen LogP contribution in [0.15, 0.2) is 6.07 Å². The van der Waals surface area contributed by atoms with Gasteiger partial charge in [-0.2, -0.15) is 5.10 Å². The van der Waals surface area contributed by atoms with Crippen LogP contribution in [0.3, 0.4) is 0 Å². The highest BCUT2D eigenvalue weighted by Gasteiger charge is 2.30. The maximum Gasteiger partial charge on any atom is 0.409 e. The van der Waals surface area contributed by atoms with Gasteiger partial charge in [-0.25, -0.2) is 9.78 Å². The molecule has 0 bridgehead atoms. The van der Waals surface area contributed by atoms with Crippen LogP contribution in [0.4, 0.5) is 4.79 Å². The van der Waals surface area contributed by atoms with Crippen LogP contribution in [0.25, 0.3) is 11.0 Å². The van der Waals surface area contributed by atoms with Crippen LogP contribution in [0.5, 0.6) is 0 Å². The molecule has 0 aromatic carbocycles. The highest BCUT2D eigenvalue weighted by atomic mass is 16.5. The number of hydrogen-bond acceptors (Lipinski definition) is 5. The van der Waals surface area contributed by atoms with E-state index in [1.54, 1.807) is 9.58 Å². The lowest BCUT2D eigenvalue weighted by molar-refractivity contribution is 0.0893. The van der Waals surface area contributed by atoms with Crippen molar-refractivity contribution >= 4 is 23.0 Å². The van der Waals surface area contributed by atoms with E-state index in [4.69, 9.17) is 9.72 Å². The molecule has 1 saturated carbocycles. The SMILES string of the molecule is COC(=O)N1CCC(NC(=O)c2cc(C3CC3)nc3c2c(C)nn3C)CC1. The third-order valence-corrected chi connectivity index (χ3v) is 5.49. The summed E-state index contributed by atoms with van der Waals surface area (Å²) in [4.78, 5) is 31.1. The Labute approximate surface area is 157 Å². The minimum Gasteiger partial charge on any atom is -0.453 e. The Hall–Kier alpha value is -2.64. The molecule has 144 valence electrons. The van der Waals surface area contributed by atoms with Gasteiger partial charge in [0.25, 0.3) is 5.91 Å². The second-order valence-electron chi connectivity index (χ2n) is 7.48. The molecular formula is C19H25N5O3. The van der Waals surface area contributed by atoms with Gasteiger partial charge in [-0.15, -0.1) is 0 Å². The standard InChI is InChI=1S/C19H25N5O3/c1-11-16-14(10-15(12-4-5-12)21-17(16)23(2)22-11)18(25)20-13-6-8-24(9-7-13)19(26)27-3/h10,12-13H,4-9H2,1-3H3,(H,20,25). The lowest BCUT2D eigenvalue weighted by Gasteiger charge is -2.31. The number of carbonyl (C=O) groups excluding carboxylic acids is 2. The number of likely N-dealkylation sites (tertiary alicyclic amines) is 1. The average molecular weight is 371 g/mol. The Kier molecular flexibility index (Phi) is 4.49. The number of ether oxygens (including phenoxy) is 1. The molecular weight excluding hydrogens is 346 g/mol. The summed E-state index contributed by atoms with van der Waals surface area (Å²) in [5.74, 6) is 0.372. The monoisotopic (exact) mass is 371 g/mol. The van der Waals surface area contributed by atoms with Crippen molar-refractivity contribution in [1.82, 2.24) is 25.0 Å². The van der Waals surface area contributed by atoms with Crippen molar-refractivity contribution in [3.63, 3.8) is 0 Å². The first kappa shape index (κ1) is 17.8. The Morgan fingerprint density at radius 2 is 1.93 bits per heavy atom. The van der Waals surface area contributed by atoms with Crippen molar-refractivity contribution in [2.24, 2.45) is 7.05 Å². The maximum absolute atomic E-state index is 13.1. The molecule has 0 spiro atoms. The zero-order valence-electron chi connectivity index (χ0n) is 16.0. The molecule has 2 aliphatic rings. The van der Waals surface area contributed by atoms with Crippen LogP contribution >= 0.6 is 0 Å². The second-order valence-corrected chi connectivity index (χ2v) is 7.48. The van der Waals surface area contributed by atoms with Gasteiger partial charge in [0.15, 0.2) is 5.65 Å². The van der Waals surface area contributed by atoms with Crippen molar-refractivity contribution in [2.75, 3.05) is 20.2 Å². The number of aromatic nitrogens is 3. The van der Waals surface area contributed by atoms with E-state index in [-0.39, 0.29) is 18.0 Å². The molecule has 1 saturated heterocycles. The number of amides is 2. The molecule has 27 heavy (non-hydrogen) atoms. The van der Waals surface area contributed by atoms with Crippen molar-refractivity contribution in [3.8, 4) is 0 Å². The van der Waals surface area contributed by atoms with E-state index < -0.39 is 0 Å². The number of fused-ring (bicyclic) bond motifs is 1. The van der Waals surface area contributed by atoms with E-state index >= 15 is 0 Å². The molecule has 8 nitrogen and oxygen atoms in total. The van der Waals surface area contributed by atoms with Gasteiger partial charge in [0.05, 0.1) is 23.8 Å². The van der Waals surface area contributed by atoms with E-state index in [1.165, 1.54) is 7.11 Å². The Morgan fingerprint density at radius 3 is 2.56 bits per heavy atom. The Morgan fingerprint density at radius 1 is 1.22 bits per heavy atom. The molecule has 0 unspecified atom stereocenters. The molecule has 4 rings (SSSR count). The minimum absolute atomic E-state index is 0.0444. The van der Waals surface area contributed by atoms with Gasteiger partial charge in [-0.05, 0) is 38.7 Å². The smallest absolute Gasteiger partial charge is 0.409 e. The molecule has 2 amide bonds. The predicted molar refractivity (Wildman–Crippen MR) is 99.7 cm³/mol. The quantitative estimate of drug-likeness (QED) is 0.893. The number of nitrogens with one attached hydrogen (secondary N) is 1. The summed E-state index contributed by atoms with van der Waals surface area (Å²) in [5.41, 5.74) is 3.22. The van der Waals surface area contributed by atoms with Gasteiger partial charge in [0.2, 0.25) is 0 Å². The first-order chi connectivity index (χ1) is 13.0. The fourth-order valence-corrected chi connectivity index (χ4v) is 3.83. The largest absolute Gasteiger partial charge is 0.453 e. The molecule has 1 N–H and O–H groups in total. The van der Waals surface area contributed by atoms with E-state index in [2.05, 4.69) is 10.4 Å². The van der Waals surface area contributed by atoms with E-state index in [9.17, 15) is 9.59 Å². The fourth-order valence-electron chi connectivity index (χ4n) is 3.83. The molecule has 0 atom stereocenters. The van der Waals surface area contributed by atoms with Crippen LogP contribution in [-0.4, -0.2) is 57.9 Å². The summed E-state index contributed by atoms with van der Waals surface area (Å²) < 4.78 is 6.52. The van der Waals surface area contributed by atoms with Crippen molar-refractivity contribution < 1.29 is 14.3 Å².